The van der Waals surface area contributed by atoms with Crippen molar-refractivity contribution in [1.82, 2.24) is 4.31 Å². The van der Waals surface area contributed by atoms with Crippen LogP contribution in [0.5, 0.6) is 5.75 Å². The van der Waals surface area contributed by atoms with Crippen LogP contribution in [0.2, 0.25) is 0 Å². The summed E-state index contributed by atoms with van der Waals surface area (Å²) in [6.07, 6.45) is 1.91. The zero-order valence-electron chi connectivity index (χ0n) is 13.4. The first kappa shape index (κ1) is 17.8. The van der Waals surface area contributed by atoms with Gasteiger partial charge in [-0.1, -0.05) is 36.7 Å². The molecule has 1 saturated heterocycles. The Labute approximate surface area is 142 Å². The number of sulfonamides is 1. The van der Waals surface area contributed by atoms with E-state index >= 15 is 0 Å². The molecule has 0 saturated carbocycles. The van der Waals surface area contributed by atoms with E-state index in [0.717, 1.165) is 17.3 Å². The third kappa shape index (κ3) is 4.03. The highest BCUT2D eigenvalue weighted by Crippen LogP contribution is 2.33. The molecular weight excluding hydrogens is 366 g/mol. The normalized spacial score (nSPS) is 23.5. The average Bonchev–Trinajstić information content (AvgIpc) is 2.45. The average molecular weight is 390 g/mol. The Kier molecular flexibility index (Phi) is 5.91. The van der Waals surface area contributed by atoms with Crippen molar-refractivity contribution >= 4 is 26.0 Å². The molecule has 1 heterocycles. The molecule has 1 aromatic carbocycles. The van der Waals surface area contributed by atoms with Crippen LogP contribution in [0, 0.1) is 11.8 Å². The van der Waals surface area contributed by atoms with Gasteiger partial charge in [-0.15, -0.1) is 0 Å². The first-order chi connectivity index (χ1) is 10.3. The Balaban J connectivity index is 2.37. The Morgan fingerprint density at radius 2 is 1.91 bits per heavy atom. The van der Waals surface area contributed by atoms with Gasteiger partial charge in [-0.3, -0.25) is 0 Å². The zero-order chi connectivity index (χ0) is 16.3. The van der Waals surface area contributed by atoms with Crippen LogP contribution in [-0.4, -0.2) is 32.4 Å². The van der Waals surface area contributed by atoms with Crippen LogP contribution >= 0.6 is 15.9 Å². The molecule has 2 atom stereocenters. The van der Waals surface area contributed by atoms with Crippen molar-refractivity contribution in [2.75, 3.05) is 19.7 Å². The van der Waals surface area contributed by atoms with E-state index in [9.17, 15) is 8.42 Å². The predicted molar refractivity (Wildman–Crippen MR) is 91.6 cm³/mol. The largest absolute Gasteiger partial charge is 0.492 e. The molecule has 1 aromatic rings. The van der Waals surface area contributed by atoms with E-state index in [4.69, 9.17) is 4.74 Å². The fraction of sp³-hybridized carbons (Fsp3) is 0.625. The van der Waals surface area contributed by atoms with Gasteiger partial charge in [0.2, 0.25) is 10.0 Å². The molecule has 1 aliphatic rings. The molecule has 0 unspecified atom stereocenters. The molecule has 0 radical (unpaired) electrons. The topological polar surface area (TPSA) is 46.6 Å². The number of piperidine rings is 1. The van der Waals surface area contributed by atoms with Gasteiger partial charge in [0.25, 0.3) is 0 Å². The molecule has 0 spiro atoms. The van der Waals surface area contributed by atoms with Crippen LogP contribution in [0.15, 0.2) is 27.6 Å². The van der Waals surface area contributed by atoms with Crippen LogP contribution in [0.3, 0.4) is 0 Å². The van der Waals surface area contributed by atoms with Crippen molar-refractivity contribution in [3.05, 3.63) is 22.7 Å². The Morgan fingerprint density at radius 3 is 2.50 bits per heavy atom. The van der Waals surface area contributed by atoms with Gasteiger partial charge in [-0.25, -0.2) is 8.42 Å². The smallest absolute Gasteiger partial charge is 0.246 e. The van der Waals surface area contributed by atoms with Crippen molar-refractivity contribution in [3.8, 4) is 5.75 Å². The Hall–Kier alpha value is -0.590. The van der Waals surface area contributed by atoms with Crippen molar-refractivity contribution in [2.45, 2.75) is 38.5 Å². The van der Waals surface area contributed by atoms with E-state index in [2.05, 4.69) is 29.8 Å². The van der Waals surface area contributed by atoms with Crippen LogP contribution in [0.1, 0.15) is 33.6 Å². The van der Waals surface area contributed by atoms with E-state index < -0.39 is 10.0 Å². The molecule has 124 valence electrons. The Morgan fingerprint density at radius 1 is 1.27 bits per heavy atom. The molecular formula is C16H24BrNO3S. The zero-order valence-corrected chi connectivity index (χ0v) is 15.8. The van der Waals surface area contributed by atoms with E-state index in [1.54, 1.807) is 16.4 Å². The van der Waals surface area contributed by atoms with E-state index in [1.165, 1.54) is 0 Å². The standard InChI is InChI=1S/C16H24BrNO3S/c1-4-7-21-15-6-5-14(17)9-16(15)22(19,20)18-10-12(2)8-13(3)11-18/h5-6,9,12-13H,4,7-8,10-11H2,1-3H3/t12-,13-/m0/s1. The molecule has 4 nitrogen and oxygen atoms in total. The predicted octanol–water partition coefficient (Wildman–Crippen LogP) is 3.90. The SMILES string of the molecule is CCCOc1ccc(Br)cc1S(=O)(=O)N1C[C@@H](C)C[C@H](C)C1. The van der Waals surface area contributed by atoms with Gasteiger partial charge in [0.15, 0.2) is 0 Å². The number of nitrogens with zero attached hydrogens (tertiary/aromatic N) is 1. The number of benzene rings is 1. The van der Waals surface area contributed by atoms with Gasteiger partial charge in [-0.05, 0) is 42.9 Å². The molecule has 6 heteroatoms. The maximum Gasteiger partial charge on any atom is 0.246 e. The summed E-state index contributed by atoms with van der Waals surface area (Å²) >= 11 is 3.37. The van der Waals surface area contributed by atoms with E-state index in [-0.39, 0.29) is 4.90 Å². The fourth-order valence-corrected chi connectivity index (χ4v) is 5.31. The molecule has 0 aromatic heterocycles. The van der Waals surface area contributed by atoms with Gasteiger partial charge < -0.3 is 4.74 Å². The van der Waals surface area contributed by atoms with Gasteiger partial charge in [0.1, 0.15) is 10.6 Å². The Bertz CT molecular complexity index is 608. The first-order valence-corrected chi connectivity index (χ1v) is 10.0. The second kappa shape index (κ2) is 7.32. The number of hydrogen-bond acceptors (Lipinski definition) is 3. The van der Waals surface area contributed by atoms with Crippen molar-refractivity contribution < 1.29 is 13.2 Å². The molecule has 0 N–H and O–H groups in total. The first-order valence-electron chi connectivity index (χ1n) is 7.77. The van der Waals surface area contributed by atoms with Crippen LogP contribution in [0.4, 0.5) is 0 Å². The summed E-state index contributed by atoms with van der Waals surface area (Å²) in [6.45, 7) is 7.87. The number of halogens is 1. The summed E-state index contributed by atoms with van der Waals surface area (Å²) in [6, 6.07) is 5.18. The van der Waals surface area contributed by atoms with Gasteiger partial charge in [0.05, 0.1) is 6.61 Å². The van der Waals surface area contributed by atoms with Crippen LogP contribution < -0.4 is 4.74 Å². The molecule has 1 aliphatic heterocycles. The summed E-state index contributed by atoms with van der Waals surface area (Å²) in [5, 5.41) is 0. The molecule has 0 amide bonds. The van der Waals surface area contributed by atoms with Crippen molar-refractivity contribution in [3.63, 3.8) is 0 Å². The van der Waals surface area contributed by atoms with Gasteiger partial charge >= 0.3 is 0 Å². The summed E-state index contributed by atoms with van der Waals surface area (Å²) in [4.78, 5) is 0.261. The summed E-state index contributed by atoms with van der Waals surface area (Å²) in [5.74, 6) is 1.20. The lowest BCUT2D eigenvalue weighted by Gasteiger charge is -2.34. The number of hydrogen-bond donors (Lipinski definition) is 0. The molecule has 0 aliphatic carbocycles. The monoisotopic (exact) mass is 389 g/mol. The molecule has 1 fully saturated rings. The van der Waals surface area contributed by atoms with E-state index in [1.807, 2.05) is 13.0 Å². The number of ether oxygens (including phenoxy) is 1. The van der Waals surface area contributed by atoms with Crippen LogP contribution in [-0.2, 0) is 10.0 Å². The minimum Gasteiger partial charge on any atom is -0.492 e. The minimum absolute atomic E-state index is 0.261. The van der Waals surface area contributed by atoms with Crippen LogP contribution in [0.25, 0.3) is 0 Å². The summed E-state index contributed by atoms with van der Waals surface area (Å²) < 4.78 is 34.1. The second-order valence-electron chi connectivity index (χ2n) is 6.21. The summed E-state index contributed by atoms with van der Waals surface area (Å²) in [7, 11) is -3.53. The minimum atomic E-state index is -3.53. The van der Waals surface area contributed by atoms with Crippen molar-refractivity contribution in [1.29, 1.82) is 0 Å². The highest BCUT2D eigenvalue weighted by Gasteiger charge is 2.33. The summed E-state index contributed by atoms with van der Waals surface area (Å²) in [5.41, 5.74) is 0. The lowest BCUT2D eigenvalue weighted by molar-refractivity contribution is 0.221. The lowest BCUT2D eigenvalue weighted by Crippen LogP contribution is -2.42. The molecule has 22 heavy (non-hydrogen) atoms. The second-order valence-corrected chi connectivity index (χ2v) is 9.03. The molecule has 0 bridgehead atoms. The van der Waals surface area contributed by atoms with Crippen molar-refractivity contribution in [2.24, 2.45) is 11.8 Å². The maximum atomic E-state index is 13.0. The maximum absolute atomic E-state index is 13.0. The van der Waals surface area contributed by atoms with Gasteiger partial charge in [-0.2, -0.15) is 4.31 Å². The van der Waals surface area contributed by atoms with E-state index in [0.29, 0.717) is 37.3 Å². The third-order valence-electron chi connectivity index (χ3n) is 3.82. The van der Waals surface area contributed by atoms with Gasteiger partial charge in [0, 0.05) is 17.6 Å². The highest BCUT2D eigenvalue weighted by molar-refractivity contribution is 9.10. The number of rotatable bonds is 5. The quantitative estimate of drug-likeness (QED) is 0.766. The fourth-order valence-electron chi connectivity index (χ4n) is 2.96. The third-order valence-corrected chi connectivity index (χ3v) is 6.17. The highest BCUT2D eigenvalue weighted by atomic mass is 79.9. The molecule has 2 rings (SSSR count). The lowest BCUT2D eigenvalue weighted by atomic mass is 9.94.